The maximum absolute atomic E-state index is 2.67. The summed E-state index contributed by atoms with van der Waals surface area (Å²) in [6.07, 6.45) is 5.48. The van der Waals surface area contributed by atoms with Gasteiger partial charge in [-0.1, -0.05) is 31.0 Å². The molecule has 2 fully saturated rings. The summed E-state index contributed by atoms with van der Waals surface area (Å²) in [6.45, 7) is 5.90. The number of hydrogen-bond acceptors (Lipinski definition) is 2. The molecule has 0 unspecified atom stereocenters. The van der Waals surface area contributed by atoms with Gasteiger partial charge in [0.25, 0.3) is 0 Å². The Hall–Kier alpha value is -1.02. The quantitative estimate of drug-likeness (QED) is 0.760. The van der Waals surface area contributed by atoms with Gasteiger partial charge in [0.1, 0.15) is 0 Å². The van der Waals surface area contributed by atoms with Crippen LogP contribution in [-0.4, -0.2) is 36.1 Å². The number of benzene rings is 1. The first-order chi connectivity index (χ1) is 9.09. The van der Waals surface area contributed by atoms with Crippen LogP contribution in [0.3, 0.4) is 0 Å². The zero-order chi connectivity index (χ0) is 13.5. The number of para-hydroxylation sites is 1. The Bertz CT molecular complexity index is 426. The van der Waals surface area contributed by atoms with Crippen molar-refractivity contribution in [1.29, 1.82) is 0 Å². The fourth-order valence-corrected chi connectivity index (χ4v) is 3.90. The highest BCUT2D eigenvalue weighted by molar-refractivity contribution is 5.49. The second kappa shape index (κ2) is 4.82. The van der Waals surface area contributed by atoms with Gasteiger partial charge in [0, 0.05) is 29.9 Å². The van der Waals surface area contributed by atoms with E-state index in [-0.39, 0.29) is 5.54 Å². The van der Waals surface area contributed by atoms with Crippen LogP contribution in [0, 0.1) is 0 Å². The summed E-state index contributed by atoms with van der Waals surface area (Å²) in [7, 11) is 2.32. The minimum absolute atomic E-state index is 0.258. The molecule has 1 saturated heterocycles. The maximum atomic E-state index is 2.67. The number of fused-ring (bicyclic) bond motifs is 1. The zero-order valence-electron chi connectivity index (χ0n) is 12.5. The standard InChI is InChI=1S/C17H26N2/c1-17(2)13-19(14-9-5-4-6-10-14)16-12-8-7-11-15(16)18(17)3/h4-6,9-10,15-16H,7-8,11-13H2,1-3H3/t15-,16-/m0/s1. The van der Waals surface area contributed by atoms with Crippen molar-refractivity contribution in [3.8, 4) is 0 Å². The molecule has 2 nitrogen and oxygen atoms in total. The Kier molecular flexibility index (Phi) is 3.30. The predicted molar refractivity (Wildman–Crippen MR) is 81.7 cm³/mol. The van der Waals surface area contributed by atoms with Crippen molar-refractivity contribution in [3.05, 3.63) is 30.3 Å². The highest BCUT2D eigenvalue weighted by Gasteiger charge is 2.44. The normalized spacial score (nSPS) is 31.0. The summed E-state index contributed by atoms with van der Waals surface area (Å²) in [5, 5.41) is 0. The number of rotatable bonds is 1. The fraction of sp³-hybridized carbons (Fsp3) is 0.647. The monoisotopic (exact) mass is 258 g/mol. The summed E-state index contributed by atoms with van der Waals surface area (Å²) < 4.78 is 0. The summed E-state index contributed by atoms with van der Waals surface area (Å²) >= 11 is 0. The van der Waals surface area contributed by atoms with E-state index in [1.165, 1.54) is 31.4 Å². The molecule has 2 atom stereocenters. The third-order valence-corrected chi connectivity index (χ3v) is 5.19. The topological polar surface area (TPSA) is 6.48 Å². The SMILES string of the molecule is CN1[C@H]2CCCC[C@@H]2N(c2ccccc2)CC1(C)C. The van der Waals surface area contributed by atoms with Crippen molar-refractivity contribution in [1.82, 2.24) is 4.90 Å². The molecule has 1 aliphatic carbocycles. The lowest BCUT2D eigenvalue weighted by atomic mass is 9.81. The molecule has 104 valence electrons. The van der Waals surface area contributed by atoms with Crippen LogP contribution in [0.2, 0.25) is 0 Å². The van der Waals surface area contributed by atoms with Gasteiger partial charge in [-0.15, -0.1) is 0 Å². The van der Waals surface area contributed by atoms with Crippen LogP contribution >= 0.6 is 0 Å². The van der Waals surface area contributed by atoms with Gasteiger partial charge in [0.15, 0.2) is 0 Å². The number of hydrogen-bond donors (Lipinski definition) is 0. The highest BCUT2D eigenvalue weighted by Crippen LogP contribution is 2.38. The zero-order valence-corrected chi connectivity index (χ0v) is 12.5. The van der Waals surface area contributed by atoms with Crippen molar-refractivity contribution < 1.29 is 0 Å². The van der Waals surface area contributed by atoms with Crippen LogP contribution in [0.1, 0.15) is 39.5 Å². The number of likely N-dealkylation sites (N-methyl/N-ethyl adjacent to an activating group) is 1. The number of anilines is 1. The van der Waals surface area contributed by atoms with Gasteiger partial charge in [-0.05, 0) is 45.9 Å². The fourth-order valence-electron chi connectivity index (χ4n) is 3.90. The molecule has 2 aliphatic rings. The van der Waals surface area contributed by atoms with Crippen LogP contribution in [0.25, 0.3) is 0 Å². The van der Waals surface area contributed by atoms with E-state index in [0.717, 1.165) is 12.6 Å². The average Bonchev–Trinajstić information content (AvgIpc) is 2.44. The van der Waals surface area contributed by atoms with Gasteiger partial charge in [-0.3, -0.25) is 4.90 Å². The summed E-state index contributed by atoms with van der Waals surface area (Å²) in [5.74, 6) is 0. The molecule has 19 heavy (non-hydrogen) atoms. The van der Waals surface area contributed by atoms with E-state index in [1.807, 2.05) is 0 Å². The molecule has 0 amide bonds. The highest BCUT2D eigenvalue weighted by atomic mass is 15.3. The summed E-state index contributed by atoms with van der Waals surface area (Å²) in [5.41, 5.74) is 1.66. The lowest BCUT2D eigenvalue weighted by molar-refractivity contribution is 0.0337. The molecule has 0 bridgehead atoms. The van der Waals surface area contributed by atoms with Gasteiger partial charge in [0.05, 0.1) is 0 Å². The molecule has 1 saturated carbocycles. The first-order valence-corrected chi connectivity index (χ1v) is 7.64. The third kappa shape index (κ3) is 2.27. The van der Waals surface area contributed by atoms with E-state index in [1.54, 1.807) is 0 Å². The second-order valence-electron chi connectivity index (χ2n) is 6.81. The molecular weight excluding hydrogens is 232 g/mol. The van der Waals surface area contributed by atoms with Crippen molar-refractivity contribution in [2.75, 3.05) is 18.5 Å². The van der Waals surface area contributed by atoms with Crippen LogP contribution in [0.4, 0.5) is 5.69 Å². The van der Waals surface area contributed by atoms with Crippen LogP contribution in [-0.2, 0) is 0 Å². The maximum Gasteiger partial charge on any atom is 0.0446 e. The molecular formula is C17H26N2. The van der Waals surface area contributed by atoms with Gasteiger partial charge in [-0.25, -0.2) is 0 Å². The number of nitrogens with zero attached hydrogens (tertiary/aromatic N) is 2. The van der Waals surface area contributed by atoms with Crippen LogP contribution < -0.4 is 4.90 Å². The molecule has 0 radical (unpaired) electrons. The van der Waals surface area contributed by atoms with E-state index in [2.05, 4.69) is 61.0 Å². The van der Waals surface area contributed by atoms with E-state index in [4.69, 9.17) is 0 Å². The Morgan fingerprint density at radius 3 is 2.32 bits per heavy atom. The van der Waals surface area contributed by atoms with Gasteiger partial charge in [-0.2, -0.15) is 0 Å². The Labute approximate surface area is 117 Å². The molecule has 1 aromatic carbocycles. The van der Waals surface area contributed by atoms with E-state index < -0.39 is 0 Å². The van der Waals surface area contributed by atoms with Crippen molar-refractivity contribution in [2.24, 2.45) is 0 Å². The van der Waals surface area contributed by atoms with Gasteiger partial charge >= 0.3 is 0 Å². The lowest BCUT2D eigenvalue weighted by Crippen LogP contribution is -2.67. The summed E-state index contributed by atoms with van der Waals surface area (Å²) in [4.78, 5) is 5.31. The molecule has 3 rings (SSSR count). The molecule has 0 aromatic heterocycles. The molecule has 1 aliphatic heterocycles. The Balaban J connectivity index is 1.94. The van der Waals surface area contributed by atoms with E-state index in [0.29, 0.717) is 6.04 Å². The van der Waals surface area contributed by atoms with E-state index in [9.17, 15) is 0 Å². The number of piperazine rings is 1. The smallest absolute Gasteiger partial charge is 0.0446 e. The van der Waals surface area contributed by atoms with Gasteiger partial charge < -0.3 is 4.90 Å². The van der Waals surface area contributed by atoms with Crippen LogP contribution in [0.5, 0.6) is 0 Å². The largest absolute Gasteiger partial charge is 0.365 e. The summed E-state index contributed by atoms with van der Waals surface area (Å²) in [6, 6.07) is 12.4. The Morgan fingerprint density at radius 1 is 1.00 bits per heavy atom. The molecule has 1 aromatic rings. The molecule has 0 N–H and O–H groups in total. The average molecular weight is 258 g/mol. The van der Waals surface area contributed by atoms with Crippen molar-refractivity contribution in [3.63, 3.8) is 0 Å². The van der Waals surface area contributed by atoms with Crippen molar-refractivity contribution >= 4 is 5.69 Å². The molecule has 1 heterocycles. The van der Waals surface area contributed by atoms with E-state index >= 15 is 0 Å². The van der Waals surface area contributed by atoms with Crippen molar-refractivity contribution in [2.45, 2.75) is 57.2 Å². The predicted octanol–water partition coefficient (Wildman–Crippen LogP) is 3.53. The molecule has 0 spiro atoms. The minimum Gasteiger partial charge on any atom is -0.365 e. The first kappa shape index (κ1) is 13.0. The minimum atomic E-state index is 0.258. The Morgan fingerprint density at radius 2 is 1.63 bits per heavy atom. The third-order valence-electron chi connectivity index (χ3n) is 5.19. The lowest BCUT2D eigenvalue weighted by Gasteiger charge is -2.57. The molecule has 2 heteroatoms. The second-order valence-corrected chi connectivity index (χ2v) is 6.81. The first-order valence-electron chi connectivity index (χ1n) is 7.64. The van der Waals surface area contributed by atoms with Crippen LogP contribution in [0.15, 0.2) is 30.3 Å². The van der Waals surface area contributed by atoms with Gasteiger partial charge in [0.2, 0.25) is 0 Å².